The van der Waals surface area contributed by atoms with Crippen LogP contribution in [0, 0.1) is 6.92 Å². The zero-order valence-electron chi connectivity index (χ0n) is 19.7. The van der Waals surface area contributed by atoms with Gasteiger partial charge in [-0.05, 0) is 50.6 Å². The lowest BCUT2D eigenvalue weighted by atomic mass is 9.95. The lowest BCUT2D eigenvalue weighted by Gasteiger charge is -2.32. The normalized spacial score (nSPS) is 19.2. The molecule has 0 saturated carbocycles. The molecule has 1 aliphatic heterocycles. The molecule has 0 aromatic heterocycles. The SMILES string of the molecule is Cc1ccc(N/C(=C2\C(=O)C(=O)N(c3ccccc3)C2(O)C(=O)OC(C)C)c2ccccc2)cc1. The Hall–Kier alpha value is -4.23. The molecule has 1 fully saturated rings. The minimum absolute atomic E-state index is 0.134. The second-order valence-electron chi connectivity index (χ2n) is 8.54. The van der Waals surface area contributed by atoms with Crippen molar-refractivity contribution in [3.05, 3.63) is 102 Å². The third kappa shape index (κ3) is 4.46. The first-order valence-electron chi connectivity index (χ1n) is 11.2. The monoisotopic (exact) mass is 470 g/mol. The fourth-order valence-corrected chi connectivity index (χ4v) is 3.95. The summed E-state index contributed by atoms with van der Waals surface area (Å²) in [5.74, 6) is -3.16. The van der Waals surface area contributed by atoms with E-state index in [1.165, 1.54) is 12.1 Å². The second kappa shape index (κ2) is 9.56. The molecule has 7 nitrogen and oxygen atoms in total. The summed E-state index contributed by atoms with van der Waals surface area (Å²) in [6.07, 6.45) is -0.596. The van der Waals surface area contributed by atoms with Crippen molar-refractivity contribution in [3.63, 3.8) is 0 Å². The van der Waals surface area contributed by atoms with Gasteiger partial charge in [-0.25, -0.2) is 4.79 Å². The molecule has 0 spiro atoms. The predicted molar refractivity (Wildman–Crippen MR) is 133 cm³/mol. The Bertz CT molecular complexity index is 1280. The molecule has 0 radical (unpaired) electrons. The summed E-state index contributed by atoms with van der Waals surface area (Å²) < 4.78 is 5.37. The van der Waals surface area contributed by atoms with Gasteiger partial charge in [0.2, 0.25) is 0 Å². The third-order valence-corrected chi connectivity index (χ3v) is 5.57. The van der Waals surface area contributed by atoms with E-state index in [2.05, 4.69) is 5.32 Å². The zero-order chi connectivity index (χ0) is 25.2. The summed E-state index contributed by atoms with van der Waals surface area (Å²) in [7, 11) is 0. The molecule has 0 bridgehead atoms. The average molecular weight is 471 g/mol. The van der Waals surface area contributed by atoms with E-state index in [4.69, 9.17) is 4.74 Å². The van der Waals surface area contributed by atoms with Crippen LogP contribution < -0.4 is 10.2 Å². The first kappa shape index (κ1) is 23.9. The number of ketones is 1. The Balaban J connectivity index is 2.00. The summed E-state index contributed by atoms with van der Waals surface area (Å²) in [5.41, 5.74) is -0.619. The lowest BCUT2D eigenvalue weighted by molar-refractivity contribution is -0.165. The number of amides is 1. The highest BCUT2D eigenvalue weighted by Crippen LogP contribution is 2.41. The van der Waals surface area contributed by atoms with Crippen molar-refractivity contribution in [1.29, 1.82) is 0 Å². The van der Waals surface area contributed by atoms with Crippen LogP contribution in [0.15, 0.2) is 90.5 Å². The minimum Gasteiger partial charge on any atom is -0.459 e. The second-order valence-corrected chi connectivity index (χ2v) is 8.54. The van der Waals surface area contributed by atoms with Crippen LogP contribution in [0.3, 0.4) is 0 Å². The number of nitrogens with zero attached hydrogens (tertiary/aromatic N) is 1. The molecule has 1 heterocycles. The Morgan fingerprint density at radius 3 is 2.06 bits per heavy atom. The predicted octanol–water partition coefficient (Wildman–Crippen LogP) is 4.07. The quantitative estimate of drug-likeness (QED) is 0.320. The number of para-hydroxylation sites is 1. The number of ether oxygens (including phenoxy) is 1. The Morgan fingerprint density at radius 2 is 1.49 bits per heavy atom. The van der Waals surface area contributed by atoms with Crippen LogP contribution in [0.2, 0.25) is 0 Å². The number of aryl methyl sites for hydroxylation is 1. The van der Waals surface area contributed by atoms with Gasteiger partial charge in [-0.15, -0.1) is 0 Å². The number of benzene rings is 3. The van der Waals surface area contributed by atoms with Gasteiger partial charge in [-0.1, -0.05) is 66.2 Å². The van der Waals surface area contributed by atoms with Crippen LogP contribution in [0.5, 0.6) is 0 Å². The molecule has 4 rings (SSSR count). The van der Waals surface area contributed by atoms with Crippen LogP contribution in [0.4, 0.5) is 11.4 Å². The standard InChI is InChI=1S/C28H26N2O5/c1-18(2)35-27(33)28(34)23(25(31)26(32)30(28)22-12-8-5-9-13-22)24(20-10-6-4-7-11-20)29-21-16-14-19(3)15-17-21/h4-18,29,34H,1-3H3/b24-23+. The lowest BCUT2D eigenvalue weighted by Crippen LogP contribution is -2.55. The molecular formula is C28H26N2O5. The van der Waals surface area contributed by atoms with Crippen LogP contribution in [-0.4, -0.2) is 34.6 Å². The summed E-state index contributed by atoms with van der Waals surface area (Å²) in [4.78, 5) is 41.0. The molecule has 1 atom stereocenters. The highest BCUT2D eigenvalue weighted by atomic mass is 16.6. The summed E-state index contributed by atoms with van der Waals surface area (Å²) in [6, 6.07) is 24.2. The van der Waals surface area contributed by atoms with Gasteiger partial charge < -0.3 is 15.2 Å². The molecule has 3 aromatic rings. The maximum atomic E-state index is 13.5. The van der Waals surface area contributed by atoms with E-state index in [0.717, 1.165) is 10.5 Å². The molecule has 35 heavy (non-hydrogen) atoms. The number of rotatable bonds is 6. The van der Waals surface area contributed by atoms with Crippen molar-refractivity contribution in [2.75, 3.05) is 10.2 Å². The van der Waals surface area contributed by atoms with E-state index in [-0.39, 0.29) is 11.4 Å². The van der Waals surface area contributed by atoms with Gasteiger partial charge in [0.1, 0.15) is 0 Å². The Kier molecular flexibility index (Phi) is 6.53. The minimum atomic E-state index is -2.69. The molecule has 1 amide bonds. The number of nitrogens with one attached hydrogen (secondary N) is 1. The van der Waals surface area contributed by atoms with Gasteiger partial charge >= 0.3 is 11.9 Å². The molecular weight excluding hydrogens is 444 g/mol. The van der Waals surface area contributed by atoms with Crippen LogP contribution in [-0.2, 0) is 19.1 Å². The topological polar surface area (TPSA) is 95.9 Å². The number of anilines is 2. The number of carbonyl (C=O) groups excluding carboxylic acids is 3. The Morgan fingerprint density at radius 1 is 0.914 bits per heavy atom. The van der Waals surface area contributed by atoms with Gasteiger partial charge in [-0.3, -0.25) is 14.5 Å². The Labute approximate surface area is 203 Å². The highest BCUT2D eigenvalue weighted by molar-refractivity contribution is 6.54. The van der Waals surface area contributed by atoms with Crippen LogP contribution in [0.25, 0.3) is 5.70 Å². The molecule has 3 aromatic carbocycles. The van der Waals surface area contributed by atoms with Crippen LogP contribution >= 0.6 is 0 Å². The number of aliphatic hydroxyl groups is 1. The van der Waals surface area contributed by atoms with Crippen LogP contribution in [0.1, 0.15) is 25.0 Å². The van der Waals surface area contributed by atoms with Gasteiger partial charge in [0.05, 0.1) is 17.4 Å². The molecule has 1 unspecified atom stereocenters. The zero-order valence-corrected chi connectivity index (χ0v) is 19.7. The van der Waals surface area contributed by atoms with Gasteiger partial charge in [-0.2, -0.15) is 0 Å². The van der Waals surface area contributed by atoms with E-state index >= 15 is 0 Å². The average Bonchev–Trinajstić information content (AvgIpc) is 3.05. The van der Waals surface area contributed by atoms with E-state index in [9.17, 15) is 19.5 Å². The molecule has 0 aliphatic carbocycles. The number of hydrogen-bond acceptors (Lipinski definition) is 6. The van der Waals surface area contributed by atoms with Crippen molar-refractivity contribution in [3.8, 4) is 0 Å². The molecule has 7 heteroatoms. The maximum Gasteiger partial charge on any atom is 0.365 e. The van der Waals surface area contributed by atoms with E-state index in [1.54, 1.807) is 74.5 Å². The van der Waals surface area contributed by atoms with Gasteiger partial charge in [0.15, 0.2) is 0 Å². The van der Waals surface area contributed by atoms with Gasteiger partial charge in [0, 0.05) is 11.4 Å². The van der Waals surface area contributed by atoms with Crippen molar-refractivity contribution >= 4 is 34.7 Å². The number of hydrogen-bond donors (Lipinski definition) is 2. The van der Waals surface area contributed by atoms with E-state index in [0.29, 0.717) is 11.3 Å². The summed E-state index contributed by atoms with van der Waals surface area (Å²) in [5, 5.41) is 15.2. The molecule has 2 N–H and O–H groups in total. The fourth-order valence-electron chi connectivity index (χ4n) is 3.95. The first-order valence-corrected chi connectivity index (χ1v) is 11.2. The molecule has 1 saturated heterocycles. The van der Waals surface area contributed by atoms with E-state index < -0.39 is 35.1 Å². The summed E-state index contributed by atoms with van der Waals surface area (Å²) >= 11 is 0. The number of Topliss-reactive ketones (excluding diaryl/α,β-unsaturated/α-hetero) is 1. The number of carbonyl (C=O) groups is 3. The largest absolute Gasteiger partial charge is 0.459 e. The smallest absolute Gasteiger partial charge is 0.365 e. The highest BCUT2D eigenvalue weighted by Gasteiger charge is 2.62. The maximum absolute atomic E-state index is 13.5. The van der Waals surface area contributed by atoms with Crippen molar-refractivity contribution in [2.24, 2.45) is 0 Å². The fraction of sp³-hybridized carbons (Fsp3) is 0.179. The van der Waals surface area contributed by atoms with Crippen molar-refractivity contribution in [2.45, 2.75) is 32.6 Å². The van der Waals surface area contributed by atoms with Crippen molar-refractivity contribution < 1.29 is 24.2 Å². The summed E-state index contributed by atoms with van der Waals surface area (Å²) in [6.45, 7) is 5.19. The van der Waals surface area contributed by atoms with Gasteiger partial charge in [0.25, 0.3) is 11.5 Å². The van der Waals surface area contributed by atoms with E-state index in [1.807, 2.05) is 19.1 Å². The number of esters is 1. The third-order valence-electron chi connectivity index (χ3n) is 5.57. The molecule has 178 valence electrons. The first-order chi connectivity index (χ1) is 16.7. The van der Waals surface area contributed by atoms with Crippen molar-refractivity contribution in [1.82, 2.24) is 0 Å². The molecule has 1 aliphatic rings.